The van der Waals surface area contributed by atoms with Crippen LogP contribution >= 0.6 is 0 Å². The Morgan fingerprint density at radius 1 is 1.21 bits per heavy atom. The number of aromatic nitrogens is 3. The van der Waals surface area contributed by atoms with Crippen LogP contribution in [-0.2, 0) is 6.54 Å². The van der Waals surface area contributed by atoms with Gasteiger partial charge in [0, 0.05) is 5.69 Å². The molecule has 4 heteroatoms. The van der Waals surface area contributed by atoms with Crippen molar-refractivity contribution in [2.75, 3.05) is 5.73 Å². The zero-order chi connectivity index (χ0) is 9.97. The van der Waals surface area contributed by atoms with Crippen molar-refractivity contribution < 1.29 is 0 Å². The number of hydrogen-bond acceptors (Lipinski definition) is 3. The molecule has 72 valence electrons. The summed E-state index contributed by atoms with van der Waals surface area (Å²) in [6.07, 6.45) is 3.39. The molecule has 1 heterocycles. The Hall–Kier alpha value is -1.84. The lowest BCUT2D eigenvalue weighted by molar-refractivity contribution is 0.794. The number of hydrogen-bond donors (Lipinski definition) is 1. The molecule has 0 bridgehead atoms. The summed E-state index contributed by atoms with van der Waals surface area (Å²) in [6.45, 7) is 2.80. The van der Waals surface area contributed by atoms with E-state index in [2.05, 4.69) is 16.3 Å². The molecule has 2 rings (SSSR count). The van der Waals surface area contributed by atoms with Crippen molar-refractivity contribution in [3.63, 3.8) is 0 Å². The highest BCUT2D eigenvalue weighted by atomic mass is 15.2. The monoisotopic (exact) mass is 188 g/mol. The molecule has 0 amide bonds. The van der Waals surface area contributed by atoms with E-state index in [-0.39, 0.29) is 0 Å². The van der Waals surface area contributed by atoms with Crippen molar-refractivity contribution in [3.05, 3.63) is 42.0 Å². The minimum Gasteiger partial charge on any atom is -0.399 e. The van der Waals surface area contributed by atoms with Crippen LogP contribution in [0.3, 0.4) is 0 Å². The van der Waals surface area contributed by atoms with Gasteiger partial charge in [0.15, 0.2) is 0 Å². The molecule has 14 heavy (non-hydrogen) atoms. The van der Waals surface area contributed by atoms with Crippen LogP contribution in [0.1, 0.15) is 11.1 Å². The first-order chi connectivity index (χ1) is 6.74. The molecular formula is C10H12N4. The van der Waals surface area contributed by atoms with E-state index in [1.165, 1.54) is 11.1 Å². The van der Waals surface area contributed by atoms with Gasteiger partial charge in [-0.25, -0.2) is 0 Å². The van der Waals surface area contributed by atoms with Crippen molar-refractivity contribution in [3.8, 4) is 0 Å². The van der Waals surface area contributed by atoms with Crippen molar-refractivity contribution in [1.29, 1.82) is 0 Å². The zero-order valence-corrected chi connectivity index (χ0v) is 8.01. The average molecular weight is 188 g/mol. The van der Waals surface area contributed by atoms with Crippen molar-refractivity contribution in [2.45, 2.75) is 13.5 Å². The number of anilines is 1. The van der Waals surface area contributed by atoms with Crippen LogP contribution < -0.4 is 5.73 Å². The minimum absolute atomic E-state index is 0.763. The molecule has 0 saturated heterocycles. The second-order valence-electron chi connectivity index (χ2n) is 3.39. The Balaban J connectivity index is 2.25. The van der Waals surface area contributed by atoms with Gasteiger partial charge in [-0.1, -0.05) is 6.07 Å². The third-order valence-electron chi connectivity index (χ3n) is 1.99. The fraction of sp³-hybridized carbons (Fsp3) is 0.200. The van der Waals surface area contributed by atoms with Crippen molar-refractivity contribution in [1.82, 2.24) is 14.8 Å². The molecule has 0 aliphatic heterocycles. The second kappa shape index (κ2) is 3.49. The van der Waals surface area contributed by atoms with Crippen LogP contribution in [-0.4, -0.2) is 14.8 Å². The lowest BCUT2D eigenvalue weighted by atomic mass is 10.1. The molecule has 0 aliphatic rings. The van der Waals surface area contributed by atoms with Crippen LogP contribution in [0.15, 0.2) is 30.9 Å². The van der Waals surface area contributed by atoms with Gasteiger partial charge in [-0.2, -0.15) is 0 Å². The lowest BCUT2D eigenvalue weighted by Gasteiger charge is -2.04. The number of aryl methyl sites for hydroxylation is 1. The summed E-state index contributed by atoms with van der Waals surface area (Å²) in [5, 5.41) is 7.49. The maximum Gasteiger partial charge on any atom is 0.119 e. The topological polar surface area (TPSA) is 56.7 Å². The van der Waals surface area contributed by atoms with E-state index in [0.29, 0.717) is 0 Å². The van der Waals surface area contributed by atoms with Gasteiger partial charge in [-0.3, -0.25) is 0 Å². The first-order valence-electron chi connectivity index (χ1n) is 4.42. The molecule has 0 aliphatic carbocycles. The maximum absolute atomic E-state index is 5.75. The molecule has 0 radical (unpaired) electrons. The van der Waals surface area contributed by atoms with Gasteiger partial charge >= 0.3 is 0 Å². The third-order valence-corrected chi connectivity index (χ3v) is 1.99. The van der Waals surface area contributed by atoms with E-state index in [1.54, 1.807) is 12.7 Å². The first kappa shape index (κ1) is 8.74. The highest BCUT2D eigenvalue weighted by Crippen LogP contribution is 2.12. The van der Waals surface area contributed by atoms with Gasteiger partial charge < -0.3 is 10.3 Å². The van der Waals surface area contributed by atoms with E-state index >= 15 is 0 Å². The smallest absolute Gasteiger partial charge is 0.119 e. The Morgan fingerprint density at radius 3 is 2.57 bits per heavy atom. The predicted molar refractivity (Wildman–Crippen MR) is 54.7 cm³/mol. The summed E-state index contributed by atoms with van der Waals surface area (Å²) in [5.74, 6) is 0. The van der Waals surface area contributed by atoms with Gasteiger partial charge in [0.1, 0.15) is 12.7 Å². The number of nitrogen functional groups attached to an aromatic ring is 1. The Bertz CT molecular complexity index is 399. The molecule has 1 aromatic carbocycles. The van der Waals surface area contributed by atoms with Crippen LogP contribution in [0.5, 0.6) is 0 Å². The normalized spacial score (nSPS) is 10.4. The molecule has 2 aromatic rings. The van der Waals surface area contributed by atoms with E-state index < -0.39 is 0 Å². The first-order valence-corrected chi connectivity index (χ1v) is 4.42. The summed E-state index contributed by atoms with van der Waals surface area (Å²) < 4.78 is 1.91. The maximum atomic E-state index is 5.75. The molecule has 0 atom stereocenters. The summed E-state index contributed by atoms with van der Waals surface area (Å²) >= 11 is 0. The average Bonchev–Trinajstić information content (AvgIpc) is 2.54. The number of nitrogens with zero attached hydrogens (tertiary/aromatic N) is 3. The zero-order valence-electron chi connectivity index (χ0n) is 8.01. The van der Waals surface area contributed by atoms with Crippen molar-refractivity contribution >= 4 is 5.69 Å². The molecule has 0 unspecified atom stereocenters. The summed E-state index contributed by atoms with van der Waals surface area (Å²) in [4.78, 5) is 0. The number of benzene rings is 1. The van der Waals surface area contributed by atoms with Crippen LogP contribution in [0, 0.1) is 6.92 Å². The molecule has 0 spiro atoms. The number of rotatable bonds is 2. The lowest BCUT2D eigenvalue weighted by Crippen LogP contribution is -1.98. The second-order valence-corrected chi connectivity index (χ2v) is 3.39. The van der Waals surface area contributed by atoms with Gasteiger partial charge in [0.05, 0.1) is 6.54 Å². The third kappa shape index (κ3) is 1.90. The van der Waals surface area contributed by atoms with Gasteiger partial charge in [0.2, 0.25) is 0 Å². The molecular weight excluding hydrogens is 176 g/mol. The standard InChI is InChI=1S/C10H12N4/c1-8-2-9(4-10(11)3-8)5-14-6-12-13-7-14/h2-4,6-7H,5,11H2,1H3. The summed E-state index contributed by atoms with van der Waals surface area (Å²) in [6, 6.07) is 6.03. The molecule has 0 saturated carbocycles. The quantitative estimate of drug-likeness (QED) is 0.721. The van der Waals surface area contributed by atoms with Gasteiger partial charge in [0.25, 0.3) is 0 Å². The van der Waals surface area contributed by atoms with Gasteiger partial charge in [-0.05, 0) is 30.2 Å². The Morgan fingerprint density at radius 2 is 1.93 bits per heavy atom. The van der Waals surface area contributed by atoms with Crippen LogP contribution in [0.4, 0.5) is 5.69 Å². The Labute approximate surface area is 82.4 Å². The van der Waals surface area contributed by atoms with Crippen LogP contribution in [0.2, 0.25) is 0 Å². The summed E-state index contributed by atoms with van der Waals surface area (Å²) in [7, 11) is 0. The fourth-order valence-corrected chi connectivity index (χ4v) is 1.50. The van der Waals surface area contributed by atoms with Crippen molar-refractivity contribution in [2.24, 2.45) is 0 Å². The fourth-order valence-electron chi connectivity index (χ4n) is 1.50. The molecule has 2 N–H and O–H groups in total. The number of nitrogens with two attached hydrogens (primary N) is 1. The van der Waals surface area contributed by atoms with E-state index in [9.17, 15) is 0 Å². The van der Waals surface area contributed by atoms with Crippen LogP contribution in [0.25, 0.3) is 0 Å². The largest absolute Gasteiger partial charge is 0.399 e. The molecule has 0 fully saturated rings. The Kier molecular flexibility index (Phi) is 2.18. The van der Waals surface area contributed by atoms with E-state index in [4.69, 9.17) is 5.73 Å². The van der Waals surface area contributed by atoms with Gasteiger partial charge in [-0.15, -0.1) is 10.2 Å². The predicted octanol–water partition coefficient (Wildman–Crippen LogP) is 1.22. The molecule has 4 nitrogen and oxygen atoms in total. The van der Waals surface area contributed by atoms with E-state index in [0.717, 1.165) is 12.2 Å². The SMILES string of the molecule is Cc1cc(N)cc(Cn2cnnc2)c1. The minimum atomic E-state index is 0.763. The highest BCUT2D eigenvalue weighted by Gasteiger charge is 1.97. The highest BCUT2D eigenvalue weighted by molar-refractivity contribution is 5.44. The molecule has 1 aromatic heterocycles. The summed E-state index contributed by atoms with van der Waals surface area (Å²) in [5.41, 5.74) is 8.89. The van der Waals surface area contributed by atoms with E-state index in [1.807, 2.05) is 23.6 Å².